The zero-order chi connectivity index (χ0) is 12.6. The Hall–Kier alpha value is -2.23. The number of nitrogen functional groups attached to an aromatic ring is 2. The minimum atomic E-state index is -1.15. The molecule has 0 aliphatic heterocycles. The smallest absolute Gasteiger partial charge is 0.342 e. The van der Waals surface area contributed by atoms with E-state index in [1.54, 1.807) is 6.26 Å². The predicted molar refractivity (Wildman–Crippen MR) is 60.4 cm³/mol. The Kier molecular flexibility index (Phi) is 2.63. The molecule has 10 heteroatoms. The Morgan fingerprint density at radius 1 is 1.59 bits per heavy atom. The summed E-state index contributed by atoms with van der Waals surface area (Å²) >= 11 is 1.17. The van der Waals surface area contributed by atoms with Gasteiger partial charge in [0.15, 0.2) is 0 Å². The first-order valence-corrected chi connectivity index (χ1v) is 5.60. The lowest BCUT2D eigenvalue weighted by Gasteiger charge is -2.01. The van der Waals surface area contributed by atoms with E-state index < -0.39 is 5.97 Å². The van der Waals surface area contributed by atoms with Gasteiger partial charge < -0.3 is 16.7 Å². The van der Waals surface area contributed by atoms with Gasteiger partial charge in [-0.15, -0.1) is 22.0 Å². The van der Waals surface area contributed by atoms with Crippen LogP contribution < -0.4 is 11.6 Å². The topological polar surface area (TPSA) is 138 Å². The standard InChI is InChI=1S/C7H9N7O2S/c1-17-5-3(6(15)16)4(8)14(12-5)7-11-10-2-13(7)9/h2H,8-9H2,1H3,(H,15,16). The van der Waals surface area contributed by atoms with Crippen molar-refractivity contribution < 1.29 is 9.90 Å². The first-order chi connectivity index (χ1) is 8.06. The maximum atomic E-state index is 11.0. The van der Waals surface area contributed by atoms with E-state index in [9.17, 15) is 4.79 Å². The van der Waals surface area contributed by atoms with Crippen LogP contribution in [-0.4, -0.2) is 42.0 Å². The number of carboxylic acids is 1. The third kappa shape index (κ3) is 1.67. The minimum Gasteiger partial charge on any atom is -0.477 e. The SMILES string of the molecule is CSc1nn(-c2nncn2N)c(N)c1C(=O)O. The maximum absolute atomic E-state index is 11.0. The Balaban J connectivity index is 2.65. The highest BCUT2D eigenvalue weighted by atomic mass is 32.2. The molecule has 2 rings (SSSR count). The zero-order valence-electron chi connectivity index (χ0n) is 8.73. The van der Waals surface area contributed by atoms with Gasteiger partial charge in [0.2, 0.25) is 0 Å². The van der Waals surface area contributed by atoms with Crippen LogP contribution in [0.4, 0.5) is 5.82 Å². The summed E-state index contributed by atoms with van der Waals surface area (Å²) in [5.74, 6) is 4.49. The van der Waals surface area contributed by atoms with Crippen molar-refractivity contribution in [2.45, 2.75) is 5.03 Å². The molecular formula is C7H9N7O2S. The molecule has 2 aromatic heterocycles. The third-order valence-corrected chi connectivity index (χ3v) is 2.71. The van der Waals surface area contributed by atoms with Crippen LogP contribution in [0.25, 0.3) is 5.95 Å². The van der Waals surface area contributed by atoms with Crippen molar-refractivity contribution in [3.8, 4) is 5.95 Å². The molecule has 0 saturated heterocycles. The van der Waals surface area contributed by atoms with Crippen LogP contribution in [0.15, 0.2) is 11.4 Å². The van der Waals surface area contributed by atoms with E-state index in [2.05, 4.69) is 15.3 Å². The van der Waals surface area contributed by atoms with Crippen molar-refractivity contribution in [3.05, 3.63) is 11.9 Å². The van der Waals surface area contributed by atoms with Crippen LogP contribution in [0.2, 0.25) is 0 Å². The second-order valence-electron chi connectivity index (χ2n) is 3.02. The molecule has 17 heavy (non-hydrogen) atoms. The zero-order valence-corrected chi connectivity index (χ0v) is 9.55. The lowest BCUT2D eigenvalue weighted by atomic mass is 10.3. The van der Waals surface area contributed by atoms with Gasteiger partial charge in [-0.25, -0.2) is 9.47 Å². The molecule has 0 spiro atoms. The van der Waals surface area contributed by atoms with Gasteiger partial charge >= 0.3 is 5.97 Å². The van der Waals surface area contributed by atoms with Gasteiger partial charge in [0.25, 0.3) is 5.95 Å². The largest absolute Gasteiger partial charge is 0.477 e. The summed E-state index contributed by atoms with van der Waals surface area (Å²) in [6.07, 6.45) is 2.96. The summed E-state index contributed by atoms with van der Waals surface area (Å²) in [7, 11) is 0. The first-order valence-electron chi connectivity index (χ1n) is 4.37. The van der Waals surface area contributed by atoms with Gasteiger partial charge in [0.05, 0.1) is 0 Å². The lowest BCUT2D eigenvalue weighted by Crippen LogP contribution is -2.16. The molecule has 2 heterocycles. The first kappa shape index (κ1) is 11.3. The van der Waals surface area contributed by atoms with Crippen molar-refractivity contribution in [2.24, 2.45) is 0 Å². The molecule has 9 nitrogen and oxygen atoms in total. The molecule has 0 aromatic carbocycles. The Morgan fingerprint density at radius 2 is 2.29 bits per heavy atom. The Morgan fingerprint density at radius 3 is 2.71 bits per heavy atom. The highest BCUT2D eigenvalue weighted by Gasteiger charge is 2.23. The van der Waals surface area contributed by atoms with Crippen LogP contribution in [0.3, 0.4) is 0 Å². The van der Waals surface area contributed by atoms with Crippen LogP contribution >= 0.6 is 11.8 Å². The fourth-order valence-corrected chi connectivity index (χ4v) is 1.85. The quantitative estimate of drug-likeness (QED) is 0.477. The van der Waals surface area contributed by atoms with Gasteiger partial charge in [-0.1, -0.05) is 0 Å². The summed E-state index contributed by atoms with van der Waals surface area (Å²) in [6.45, 7) is 0. The second kappa shape index (κ2) is 3.97. The minimum absolute atomic E-state index is 0.0402. The van der Waals surface area contributed by atoms with E-state index in [-0.39, 0.29) is 22.4 Å². The number of nitrogens with two attached hydrogens (primary N) is 2. The van der Waals surface area contributed by atoms with Gasteiger partial charge in [-0.2, -0.15) is 9.78 Å². The van der Waals surface area contributed by atoms with E-state index in [0.717, 1.165) is 9.36 Å². The van der Waals surface area contributed by atoms with E-state index in [4.69, 9.17) is 16.7 Å². The monoisotopic (exact) mass is 255 g/mol. The summed E-state index contributed by atoms with van der Waals surface area (Å²) in [6, 6.07) is 0. The summed E-state index contributed by atoms with van der Waals surface area (Å²) in [5, 5.41) is 20.6. The number of thioether (sulfide) groups is 1. The van der Waals surface area contributed by atoms with Gasteiger partial charge in [0, 0.05) is 0 Å². The van der Waals surface area contributed by atoms with Crippen molar-refractivity contribution >= 4 is 23.5 Å². The van der Waals surface area contributed by atoms with Crippen molar-refractivity contribution in [3.63, 3.8) is 0 Å². The highest BCUT2D eigenvalue weighted by Crippen LogP contribution is 2.26. The number of hydrogen-bond donors (Lipinski definition) is 3. The fraction of sp³-hybridized carbons (Fsp3) is 0.143. The van der Waals surface area contributed by atoms with Gasteiger partial charge in [-0.3, -0.25) is 0 Å². The number of nitrogens with zero attached hydrogens (tertiary/aromatic N) is 5. The molecule has 0 aliphatic carbocycles. The van der Waals surface area contributed by atoms with E-state index in [0.29, 0.717) is 0 Å². The summed E-state index contributed by atoms with van der Waals surface area (Å²) < 4.78 is 2.24. The number of rotatable bonds is 3. The van der Waals surface area contributed by atoms with Gasteiger partial charge in [0.1, 0.15) is 22.7 Å². The number of carboxylic acid groups (broad SMARTS) is 1. The van der Waals surface area contributed by atoms with Crippen molar-refractivity contribution in [1.29, 1.82) is 0 Å². The van der Waals surface area contributed by atoms with Crippen LogP contribution in [0.1, 0.15) is 10.4 Å². The molecule has 0 aliphatic rings. The van der Waals surface area contributed by atoms with Crippen LogP contribution in [-0.2, 0) is 0 Å². The average molecular weight is 255 g/mol. The Labute approximate surface area is 99.4 Å². The molecule has 90 valence electrons. The molecule has 0 unspecified atom stereocenters. The lowest BCUT2D eigenvalue weighted by molar-refractivity contribution is 0.0694. The van der Waals surface area contributed by atoms with Gasteiger partial charge in [-0.05, 0) is 6.26 Å². The molecular weight excluding hydrogens is 246 g/mol. The van der Waals surface area contributed by atoms with E-state index in [1.807, 2.05) is 0 Å². The van der Waals surface area contributed by atoms with Crippen LogP contribution in [0, 0.1) is 0 Å². The molecule has 0 bridgehead atoms. The summed E-state index contributed by atoms with van der Waals surface area (Å²) in [5.41, 5.74) is 5.64. The molecule has 2 aromatic rings. The van der Waals surface area contributed by atoms with E-state index in [1.165, 1.54) is 18.1 Å². The normalized spacial score (nSPS) is 10.6. The Bertz CT molecular complexity index is 575. The third-order valence-electron chi connectivity index (χ3n) is 2.04. The molecule has 0 atom stereocenters. The molecule has 0 radical (unpaired) electrons. The average Bonchev–Trinajstić information content (AvgIpc) is 2.81. The molecule has 5 N–H and O–H groups in total. The van der Waals surface area contributed by atoms with E-state index >= 15 is 0 Å². The number of aromatic carboxylic acids is 1. The van der Waals surface area contributed by atoms with Crippen molar-refractivity contribution in [1.82, 2.24) is 24.7 Å². The molecule has 0 amide bonds. The molecule has 0 fully saturated rings. The van der Waals surface area contributed by atoms with Crippen molar-refractivity contribution in [2.75, 3.05) is 17.8 Å². The number of hydrogen-bond acceptors (Lipinski definition) is 7. The number of aromatic nitrogens is 5. The fourth-order valence-electron chi connectivity index (χ4n) is 1.29. The highest BCUT2D eigenvalue weighted by molar-refractivity contribution is 7.98. The van der Waals surface area contributed by atoms with Crippen LogP contribution in [0.5, 0.6) is 0 Å². The number of anilines is 1. The molecule has 0 saturated carbocycles. The number of carbonyl (C=O) groups is 1. The predicted octanol–water partition coefficient (Wildman–Crippen LogP) is -0.820. The maximum Gasteiger partial charge on any atom is 0.342 e. The second-order valence-corrected chi connectivity index (χ2v) is 3.82. The summed E-state index contributed by atoms with van der Waals surface area (Å²) in [4.78, 5) is 11.0.